The molecule has 0 aliphatic carbocycles. The highest BCUT2D eigenvalue weighted by Crippen LogP contribution is 2.25. The molecular weight excluding hydrogens is 498 g/mol. The standard InChI is InChI=1S/C31H49NO7/c1-2-3-4-5-6-7-8-9-10-11-12-13-14-15-16-20-23-37-29-27(34)28(39-30(29)35)26(33)24-38-31(36)32-25-21-18-17-19-22-25/h17-19,21-22,26,28,33-34H,2-16,20,23-24H2,1H3,(H,32,36)/t26-,28+/m0/s1. The van der Waals surface area contributed by atoms with Crippen LogP contribution in [0, 0.1) is 0 Å². The van der Waals surface area contributed by atoms with Gasteiger partial charge in [0.25, 0.3) is 0 Å². The Morgan fingerprint density at radius 2 is 1.38 bits per heavy atom. The van der Waals surface area contributed by atoms with E-state index in [1.54, 1.807) is 24.3 Å². The summed E-state index contributed by atoms with van der Waals surface area (Å²) in [5, 5.41) is 23.1. The summed E-state index contributed by atoms with van der Waals surface area (Å²) in [5.41, 5.74) is 0.539. The molecule has 2 rings (SSSR count). The van der Waals surface area contributed by atoms with Gasteiger partial charge in [0.2, 0.25) is 5.76 Å². The van der Waals surface area contributed by atoms with E-state index in [0.717, 1.165) is 19.3 Å². The fourth-order valence-corrected chi connectivity index (χ4v) is 4.60. The summed E-state index contributed by atoms with van der Waals surface area (Å²) in [6, 6.07) is 8.70. The van der Waals surface area contributed by atoms with Crippen molar-refractivity contribution in [3.05, 3.63) is 41.9 Å². The summed E-state index contributed by atoms with van der Waals surface area (Å²) in [4.78, 5) is 24.0. The summed E-state index contributed by atoms with van der Waals surface area (Å²) in [6.45, 7) is 2.08. The zero-order chi connectivity index (χ0) is 28.1. The van der Waals surface area contributed by atoms with Crippen LogP contribution in [0.25, 0.3) is 0 Å². The quantitative estimate of drug-likeness (QED) is 0.101. The number of para-hydroxylation sites is 1. The van der Waals surface area contributed by atoms with Crippen LogP contribution in [0.5, 0.6) is 0 Å². The molecule has 1 amide bonds. The van der Waals surface area contributed by atoms with Crippen LogP contribution in [0.3, 0.4) is 0 Å². The van der Waals surface area contributed by atoms with E-state index in [1.807, 2.05) is 6.07 Å². The van der Waals surface area contributed by atoms with Crippen LogP contribution < -0.4 is 5.32 Å². The van der Waals surface area contributed by atoms with Crippen molar-refractivity contribution in [1.29, 1.82) is 0 Å². The first-order valence-electron chi connectivity index (χ1n) is 15.0. The minimum Gasteiger partial charge on any atom is -0.505 e. The minimum atomic E-state index is -1.42. The number of cyclic esters (lactones) is 1. The van der Waals surface area contributed by atoms with Gasteiger partial charge in [-0.3, -0.25) is 5.32 Å². The Morgan fingerprint density at radius 3 is 1.92 bits per heavy atom. The van der Waals surface area contributed by atoms with Crippen LogP contribution in [0.15, 0.2) is 41.9 Å². The number of unbranched alkanes of at least 4 members (excludes halogenated alkanes) is 15. The maximum absolute atomic E-state index is 12.1. The molecule has 1 aromatic rings. The molecule has 1 aliphatic rings. The lowest BCUT2D eigenvalue weighted by Crippen LogP contribution is -2.34. The van der Waals surface area contributed by atoms with E-state index in [0.29, 0.717) is 5.69 Å². The summed E-state index contributed by atoms with van der Waals surface area (Å²) in [6.07, 6.45) is 16.8. The number of hydrogen-bond acceptors (Lipinski definition) is 7. The molecular formula is C31H49NO7. The molecule has 0 saturated carbocycles. The molecule has 0 aromatic heterocycles. The molecule has 1 aromatic carbocycles. The number of amides is 1. The molecule has 0 fully saturated rings. The number of carbonyl (C=O) groups excluding carboxylic acids is 2. The summed E-state index contributed by atoms with van der Waals surface area (Å²) >= 11 is 0. The molecule has 220 valence electrons. The van der Waals surface area contributed by atoms with Crippen molar-refractivity contribution in [2.24, 2.45) is 0 Å². The molecule has 0 spiro atoms. The number of anilines is 1. The van der Waals surface area contributed by atoms with Gasteiger partial charge >= 0.3 is 12.1 Å². The van der Waals surface area contributed by atoms with Crippen LogP contribution >= 0.6 is 0 Å². The summed E-state index contributed by atoms with van der Waals surface area (Å²) < 4.78 is 15.5. The van der Waals surface area contributed by atoms with Crippen molar-refractivity contribution in [3.8, 4) is 0 Å². The van der Waals surface area contributed by atoms with Gasteiger partial charge in [-0.15, -0.1) is 0 Å². The highest BCUT2D eigenvalue weighted by Gasteiger charge is 2.41. The second-order valence-electron chi connectivity index (χ2n) is 10.3. The Kier molecular flexibility index (Phi) is 16.8. The van der Waals surface area contributed by atoms with Gasteiger partial charge in [-0.2, -0.15) is 0 Å². The lowest BCUT2D eigenvalue weighted by Gasteiger charge is -2.17. The van der Waals surface area contributed by atoms with Gasteiger partial charge in [-0.05, 0) is 18.6 Å². The Balaban J connectivity index is 1.48. The average Bonchev–Trinajstić information content (AvgIpc) is 3.22. The van der Waals surface area contributed by atoms with E-state index in [1.165, 1.54) is 83.5 Å². The second kappa shape index (κ2) is 20.2. The Hall–Kier alpha value is -2.74. The number of carbonyl (C=O) groups is 2. The van der Waals surface area contributed by atoms with Crippen molar-refractivity contribution < 1.29 is 34.0 Å². The van der Waals surface area contributed by atoms with E-state index in [4.69, 9.17) is 14.2 Å². The fourth-order valence-electron chi connectivity index (χ4n) is 4.60. The predicted molar refractivity (Wildman–Crippen MR) is 152 cm³/mol. The molecule has 1 aliphatic heterocycles. The Bertz CT molecular complexity index is 843. The molecule has 0 bridgehead atoms. The SMILES string of the molecule is CCCCCCCCCCCCCCCCCCOC1=C(O)[C@@H]([C@@H](O)COC(=O)Nc2ccccc2)OC1=O. The maximum atomic E-state index is 12.1. The van der Waals surface area contributed by atoms with Crippen molar-refractivity contribution >= 4 is 17.7 Å². The number of nitrogens with one attached hydrogen (secondary N) is 1. The van der Waals surface area contributed by atoms with Crippen molar-refractivity contribution in [2.75, 3.05) is 18.5 Å². The molecule has 1 heterocycles. The van der Waals surface area contributed by atoms with Crippen LogP contribution in [-0.4, -0.2) is 47.7 Å². The van der Waals surface area contributed by atoms with Crippen molar-refractivity contribution in [3.63, 3.8) is 0 Å². The predicted octanol–water partition coefficient (Wildman–Crippen LogP) is 7.57. The first kappa shape index (κ1) is 32.5. The molecule has 8 nitrogen and oxygen atoms in total. The number of rotatable bonds is 22. The first-order chi connectivity index (χ1) is 19.0. The Morgan fingerprint density at radius 1 is 0.872 bits per heavy atom. The second-order valence-corrected chi connectivity index (χ2v) is 10.3. The van der Waals surface area contributed by atoms with E-state index < -0.39 is 36.6 Å². The molecule has 0 saturated heterocycles. The van der Waals surface area contributed by atoms with Crippen LogP contribution in [0.1, 0.15) is 110 Å². The number of hydrogen-bond donors (Lipinski definition) is 3. The van der Waals surface area contributed by atoms with E-state index in [9.17, 15) is 19.8 Å². The number of ether oxygens (including phenoxy) is 3. The van der Waals surface area contributed by atoms with Gasteiger partial charge in [-0.1, -0.05) is 121 Å². The summed E-state index contributed by atoms with van der Waals surface area (Å²) in [7, 11) is 0. The highest BCUT2D eigenvalue weighted by atomic mass is 16.6. The van der Waals surface area contributed by atoms with Crippen LogP contribution in [0.4, 0.5) is 10.5 Å². The van der Waals surface area contributed by atoms with E-state index >= 15 is 0 Å². The van der Waals surface area contributed by atoms with Gasteiger partial charge in [0.1, 0.15) is 12.7 Å². The van der Waals surface area contributed by atoms with Gasteiger partial charge in [0.15, 0.2) is 11.9 Å². The smallest absolute Gasteiger partial charge is 0.411 e. The van der Waals surface area contributed by atoms with E-state index in [2.05, 4.69) is 12.2 Å². The minimum absolute atomic E-state index is 0.283. The van der Waals surface area contributed by atoms with Gasteiger partial charge < -0.3 is 24.4 Å². The van der Waals surface area contributed by atoms with Crippen LogP contribution in [0.2, 0.25) is 0 Å². The lowest BCUT2D eigenvalue weighted by atomic mass is 10.0. The van der Waals surface area contributed by atoms with Gasteiger partial charge in [0.05, 0.1) is 6.61 Å². The van der Waals surface area contributed by atoms with E-state index in [-0.39, 0.29) is 12.4 Å². The lowest BCUT2D eigenvalue weighted by molar-refractivity contribution is -0.148. The number of aliphatic hydroxyl groups excluding tert-OH is 2. The van der Waals surface area contributed by atoms with Crippen molar-refractivity contribution in [1.82, 2.24) is 0 Å². The maximum Gasteiger partial charge on any atom is 0.411 e. The Labute approximate surface area is 234 Å². The molecule has 0 radical (unpaired) electrons. The highest BCUT2D eigenvalue weighted by molar-refractivity contribution is 5.89. The summed E-state index contributed by atoms with van der Waals surface area (Å²) in [5.74, 6) is -1.59. The molecule has 39 heavy (non-hydrogen) atoms. The fraction of sp³-hybridized carbons (Fsp3) is 0.677. The molecule has 3 N–H and O–H groups in total. The van der Waals surface area contributed by atoms with Gasteiger partial charge in [-0.25, -0.2) is 9.59 Å². The zero-order valence-electron chi connectivity index (χ0n) is 23.7. The zero-order valence-corrected chi connectivity index (χ0v) is 23.7. The monoisotopic (exact) mass is 547 g/mol. The normalized spacial score (nSPS) is 15.7. The number of benzene rings is 1. The largest absolute Gasteiger partial charge is 0.505 e. The average molecular weight is 548 g/mol. The van der Waals surface area contributed by atoms with Crippen molar-refractivity contribution in [2.45, 2.75) is 122 Å². The number of esters is 1. The molecule has 0 unspecified atom stereocenters. The first-order valence-corrected chi connectivity index (χ1v) is 15.0. The molecule has 8 heteroatoms. The third kappa shape index (κ3) is 13.8. The third-order valence-electron chi connectivity index (χ3n) is 6.92. The van der Waals surface area contributed by atoms with Crippen LogP contribution in [-0.2, 0) is 19.0 Å². The molecule has 2 atom stereocenters. The third-order valence-corrected chi connectivity index (χ3v) is 6.92. The number of aliphatic hydroxyl groups is 2. The topological polar surface area (TPSA) is 114 Å². The van der Waals surface area contributed by atoms with Gasteiger partial charge in [0, 0.05) is 5.69 Å².